The summed E-state index contributed by atoms with van der Waals surface area (Å²) < 4.78 is 11.2. The van der Waals surface area contributed by atoms with Gasteiger partial charge in [-0.3, -0.25) is 4.98 Å². The van der Waals surface area contributed by atoms with Crippen LogP contribution < -0.4 is 0 Å². The van der Waals surface area contributed by atoms with Gasteiger partial charge in [0.05, 0.1) is 19.1 Å². The van der Waals surface area contributed by atoms with Gasteiger partial charge in [-0.15, -0.1) is 0 Å². The molecule has 3 heteroatoms. The maximum Gasteiger partial charge on any atom is 0.173 e. The number of rotatable bonds is 2. The first-order valence-electron chi connectivity index (χ1n) is 5.32. The summed E-state index contributed by atoms with van der Waals surface area (Å²) in [6.07, 6.45) is 1.88. The molecule has 0 saturated carbocycles. The Kier molecular flexibility index (Phi) is 2.76. The molecule has 2 heterocycles. The minimum atomic E-state index is -0.512. The topological polar surface area (TPSA) is 31.4 Å². The van der Waals surface area contributed by atoms with Gasteiger partial charge < -0.3 is 9.47 Å². The Morgan fingerprint density at radius 2 is 2.00 bits per heavy atom. The molecule has 0 amide bonds. The Balaban J connectivity index is 2.19. The lowest BCUT2D eigenvalue weighted by atomic mass is 9.97. The molecule has 0 bridgehead atoms. The molecule has 1 fully saturated rings. The van der Waals surface area contributed by atoms with Crippen molar-refractivity contribution in [2.75, 3.05) is 13.2 Å². The predicted molar refractivity (Wildman–Crippen MR) is 57.7 cm³/mol. The minimum absolute atomic E-state index is 0.153. The largest absolute Gasteiger partial charge is 0.347 e. The first-order chi connectivity index (χ1) is 7.12. The van der Waals surface area contributed by atoms with Crippen molar-refractivity contribution in [3.63, 3.8) is 0 Å². The van der Waals surface area contributed by atoms with Gasteiger partial charge in [0.15, 0.2) is 5.79 Å². The summed E-state index contributed by atoms with van der Waals surface area (Å²) in [6.45, 7) is 7.44. The van der Waals surface area contributed by atoms with Crippen LogP contribution >= 0.6 is 0 Å². The Morgan fingerprint density at radius 1 is 1.33 bits per heavy atom. The molecule has 3 nitrogen and oxygen atoms in total. The summed E-state index contributed by atoms with van der Waals surface area (Å²) in [6, 6.07) is 4.10. The highest BCUT2D eigenvalue weighted by Gasteiger charge is 2.38. The molecule has 1 aliphatic rings. The molecule has 1 aromatic heterocycles. The van der Waals surface area contributed by atoms with Crippen LogP contribution in [0.3, 0.4) is 0 Å². The molecule has 1 aromatic rings. The van der Waals surface area contributed by atoms with Crippen molar-refractivity contribution in [2.45, 2.75) is 32.5 Å². The molecule has 0 radical (unpaired) electrons. The van der Waals surface area contributed by atoms with E-state index in [0.717, 1.165) is 5.69 Å². The average Bonchev–Trinajstić information content (AvgIpc) is 2.67. The third kappa shape index (κ3) is 2.03. The highest BCUT2D eigenvalue weighted by atomic mass is 16.7. The van der Waals surface area contributed by atoms with E-state index in [1.54, 1.807) is 0 Å². The van der Waals surface area contributed by atoms with Crippen molar-refractivity contribution in [1.29, 1.82) is 0 Å². The molecular formula is C12H17NO2. The third-order valence-electron chi connectivity index (χ3n) is 3.03. The fourth-order valence-electron chi connectivity index (χ4n) is 1.78. The van der Waals surface area contributed by atoms with Gasteiger partial charge in [-0.1, -0.05) is 13.0 Å². The average molecular weight is 207 g/mol. The van der Waals surface area contributed by atoms with Crippen LogP contribution in [0.4, 0.5) is 0 Å². The van der Waals surface area contributed by atoms with Gasteiger partial charge in [-0.2, -0.15) is 0 Å². The van der Waals surface area contributed by atoms with Gasteiger partial charge in [-0.25, -0.2) is 0 Å². The molecule has 82 valence electrons. The summed E-state index contributed by atoms with van der Waals surface area (Å²) in [5.74, 6) is -0.358. The van der Waals surface area contributed by atoms with E-state index in [0.29, 0.717) is 13.2 Å². The van der Waals surface area contributed by atoms with Gasteiger partial charge in [-0.05, 0) is 25.5 Å². The SMILES string of the molecule is Cc1ccc(C(C)C2(C)OCCO2)nc1. The van der Waals surface area contributed by atoms with Crippen molar-refractivity contribution in [3.05, 3.63) is 29.6 Å². The van der Waals surface area contributed by atoms with Crippen LogP contribution in [0, 0.1) is 6.92 Å². The monoisotopic (exact) mass is 207 g/mol. The minimum Gasteiger partial charge on any atom is -0.347 e. The molecule has 1 aliphatic heterocycles. The van der Waals surface area contributed by atoms with E-state index in [2.05, 4.69) is 18.0 Å². The van der Waals surface area contributed by atoms with Crippen LogP contribution in [0.15, 0.2) is 18.3 Å². The Hall–Kier alpha value is -0.930. The maximum atomic E-state index is 5.62. The van der Waals surface area contributed by atoms with Gasteiger partial charge in [0.2, 0.25) is 0 Å². The number of aromatic nitrogens is 1. The van der Waals surface area contributed by atoms with E-state index in [4.69, 9.17) is 9.47 Å². The summed E-state index contributed by atoms with van der Waals surface area (Å²) in [7, 11) is 0. The smallest absolute Gasteiger partial charge is 0.173 e. The second kappa shape index (κ2) is 3.91. The van der Waals surface area contributed by atoms with Crippen LogP contribution in [-0.2, 0) is 9.47 Å². The lowest BCUT2D eigenvalue weighted by molar-refractivity contribution is -0.157. The van der Waals surface area contributed by atoms with E-state index in [1.165, 1.54) is 5.56 Å². The highest BCUT2D eigenvalue weighted by molar-refractivity contribution is 5.17. The molecule has 1 atom stereocenters. The second-order valence-corrected chi connectivity index (χ2v) is 4.19. The molecule has 0 aromatic carbocycles. The van der Waals surface area contributed by atoms with Gasteiger partial charge >= 0.3 is 0 Å². The molecular weight excluding hydrogens is 190 g/mol. The van der Waals surface area contributed by atoms with Crippen LogP contribution in [-0.4, -0.2) is 24.0 Å². The number of pyridine rings is 1. The van der Waals surface area contributed by atoms with Crippen molar-refractivity contribution >= 4 is 0 Å². The van der Waals surface area contributed by atoms with Gasteiger partial charge in [0, 0.05) is 11.9 Å². The van der Waals surface area contributed by atoms with Gasteiger partial charge in [0.1, 0.15) is 0 Å². The van der Waals surface area contributed by atoms with Crippen LogP contribution in [0.2, 0.25) is 0 Å². The second-order valence-electron chi connectivity index (χ2n) is 4.19. The zero-order valence-electron chi connectivity index (χ0n) is 9.49. The van der Waals surface area contributed by atoms with E-state index in [-0.39, 0.29) is 5.92 Å². The Bertz CT molecular complexity index is 328. The molecule has 1 saturated heterocycles. The lowest BCUT2D eigenvalue weighted by Gasteiger charge is -2.29. The molecule has 0 aliphatic carbocycles. The quantitative estimate of drug-likeness (QED) is 0.745. The van der Waals surface area contributed by atoms with Crippen molar-refractivity contribution in [2.24, 2.45) is 0 Å². The number of hydrogen-bond acceptors (Lipinski definition) is 3. The standard InChI is InChI=1S/C12H17NO2/c1-9-4-5-11(13-8-9)10(2)12(3)14-6-7-15-12/h4-5,8,10H,6-7H2,1-3H3. The highest BCUT2D eigenvalue weighted by Crippen LogP contribution is 2.33. The first-order valence-corrected chi connectivity index (χ1v) is 5.32. The van der Waals surface area contributed by atoms with E-state index in [1.807, 2.05) is 26.1 Å². The fourth-order valence-corrected chi connectivity index (χ4v) is 1.78. The fraction of sp³-hybridized carbons (Fsp3) is 0.583. The van der Waals surface area contributed by atoms with Crippen LogP contribution in [0.1, 0.15) is 31.0 Å². The zero-order valence-corrected chi connectivity index (χ0v) is 9.49. The molecule has 0 N–H and O–H groups in total. The summed E-state index contributed by atoms with van der Waals surface area (Å²) in [5.41, 5.74) is 2.19. The van der Waals surface area contributed by atoms with Crippen LogP contribution in [0.5, 0.6) is 0 Å². The summed E-state index contributed by atoms with van der Waals surface area (Å²) >= 11 is 0. The normalized spacial score (nSPS) is 21.5. The van der Waals surface area contributed by atoms with Crippen molar-refractivity contribution < 1.29 is 9.47 Å². The Morgan fingerprint density at radius 3 is 2.53 bits per heavy atom. The summed E-state index contributed by atoms with van der Waals surface area (Å²) in [5, 5.41) is 0. The first kappa shape index (κ1) is 10.6. The van der Waals surface area contributed by atoms with Gasteiger partial charge in [0.25, 0.3) is 0 Å². The number of nitrogens with zero attached hydrogens (tertiary/aromatic N) is 1. The zero-order chi connectivity index (χ0) is 10.9. The summed E-state index contributed by atoms with van der Waals surface area (Å²) in [4.78, 5) is 4.41. The number of ether oxygens (including phenoxy) is 2. The molecule has 2 rings (SSSR count). The molecule has 15 heavy (non-hydrogen) atoms. The van der Waals surface area contributed by atoms with E-state index >= 15 is 0 Å². The predicted octanol–water partition coefficient (Wildman–Crippen LogP) is 2.26. The number of hydrogen-bond donors (Lipinski definition) is 0. The van der Waals surface area contributed by atoms with E-state index < -0.39 is 5.79 Å². The Labute approximate surface area is 90.4 Å². The maximum absolute atomic E-state index is 5.62. The third-order valence-corrected chi connectivity index (χ3v) is 3.03. The molecule has 0 spiro atoms. The van der Waals surface area contributed by atoms with Crippen molar-refractivity contribution in [3.8, 4) is 0 Å². The lowest BCUT2D eigenvalue weighted by Crippen LogP contribution is -2.32. The number of aryl methyl sites for hydroxylation is 1. The van der Waals surface area contributed by atoms with Crippen LogP contribution in [0.25, 0.3) is 0 Å². The molecule has 1 unspecified atom stereocenters. The van der Waals surface area contributed by atoms with Crippen molar-refractivity contribution in [1.82, 2.24) is 4.98 Å². The van der Waals surface area contributed by atoms with E-state index in [9.17, 15) is 0 Å².